The Morgan fingerprint density at radius 3 is 2.86 bits per heavy atom. The Bertz CT molecular complexity index is 771. The van der Waals surface area contributed by atoms with Crippen LogP contribution in [0.1, 0.15) is 24.3 Å². The lowest BCUT2D eigenvalue weighted by atomic mass is 9.91. The number of aromatic nitrogens is 1. The van der Waals surface area contributed by atoms with Crippen LogP contribution in [-0.2, 0) is 14.4 Å². The highest BCUT2D eigenvalue weighted by Gasteiger charge is 2.45. The van der Waals surface area contributed by atoms with Gasteiger partial charge in [-0.2, -0.15) is 13.2 Å². The zero-order chi connectivity index (χ0) is 20.3. The van der Waals surface area contributed by atoms with Crippen molar-refractivity contribution in [2.45, 2.75) is 31.0 Å². The van der Waals surface area contributed by atoms with Gasteiger partial charge < -0.3 is 10.6 Å². The molecule has 3 rings (SSSR count). The summed E-state index contributed by atoms with van der Waals surface area (Å²) >= 11 is 0. The quantitative estimate of drug-likeness (QED) is 0.633. The van der Waals surface area contributed by atoms with Crippen molar-refractivity contribution < 1.29 is 27.6 Å². The van der Waals surface area contributed by atoms with Crippen LogP contribution in [0.4, 0.5) is 19.0 Å². The van der Waals surface area contributed by atoms with E-state index in [0.29, 0.717) is 18.5 Å². The summed E-state index contributed by atoms with van der Waals surface area (Å²) in [5, 5.41) is 7.42. The molecule has 11 heteroatoms. The number of hydrogen-bond acceptors (Lipinski definition) is 6. The zero-order valence-corrected chi connectivity index (χ0v) is 14.9. The first kappa shape index (κ1) is 20.2. The van der Waals surface area contributed by atoms with Gasteiger partial charge in [0.25, 0.3) is 0 Å². The van der Waals surface area contributed by atoms with Crippen molar-refractivity contribution in [3.05, 3.63) is 23.9 Å². The van der Waals surface area contributed by atoms with E-state index < -0.39 is 36.5 Å². The van der Waals surface area contributed by atoms with Crippen LogP contribution in [0.2, 0.25) is 0 Å². The van der Waals surface area contributed by atoms with Gasteiger partial charge in [-0.1, -0.05) is 0 Å². The molecule has 2 atom stereocenters. The molecule has 1 aromatic heterocycles. The molecule has 2 aliphatic rings. The van der Waals surface area contributed by atoms with Gasteiger partial charge in [0.05, 0.1) is 12.5 Å². The van der Waals surface area contributed by atoms with Crippen LogP contribution in [0.25, 0.3) is 0 Å². The van der Waals surface area contributed by atoms with Gasteiger partial charge in [0.1, 0.15) is 11.9 Å². The number of hydrogen-bond donors (Lipinski definition) is 3. The smallest absolute Gasteiger partial charge is 0.314 e. The molecule has 0 saturated carbocycles. The number of rotatable bonds is 4. The van der Waals surface area contributed by atoms with E-state index in [1.54, 1.807) is 6.07 Å². The van der Waals surface area contributed by atoms with Gasteiger partial charge in [0.2, 0.25) is 17.7 Å². The second-order valence-electron chi connectivity index (χ2n) is 6.76. The van der Waals surface area contributed by atoms with Gasteiger partial charge in [-0.25, -0.2) is 4.98 Å². The van der Waals surface area contributed by atoms with Crippen molar-refractivity contribution in [1.29, 1.82) is 0 Å². The first-order valence-corrected chi connectivity index (χ1v) is 8.85. The average molecular weight is 399 g/mol. The molecule has 3 amide bonds. The van der Waals surface area contributed by atoms with E-state index >= 15 is 0 Å². The maximum Gasteiger partial charge on any atom is 0.405 e. The van der Waals surface area contributed by atoms with E-state index in [1.165, 1.54) is 12.3 Å². The Labute approximate surface area is 158 Å². The minimum absolute atomic E-state index is 0.0986. The van der Waals surface area contributed by atoms with Crippen molar-refractivity contribution >= 4 is 23.5 Å². The van der Waals surface area contributed by atoms with Crippen molar-refractivity contribution in [3.63, 3.8) is 0 Å². The lowest BCUT2D eigenvalue weighted by Gasteiger charge is -2.36. The van der Waals surface area contributed by atoms with E-state index in [1.807, 2.05) is 0 Å². The largest absolute Gasteiger partial charge is 0.405 e. The molecule has 2 saturated heterocycles. The number of alkyl halides is 3. The Morgan fingerprint density at radius 2 is 2.14 bits per heavy atom. The third-order valence-electron chi connectivity index (χ3n) is 4.77. The standard InChI is InChI=1S/C17H20F3N5O3/c18-17(19,20)12-8-21-5-6-25(12)9-15(27)23-13-7-10(3-4-22-13)11-1-2-14(26)24-16(11)28/h3-4,7,11-12,21H,1-2,5-6,8-9H2,(H,22,23,27)(H,24,26,28). The first-order chi connectivity index (χ1) is 13.2. The molecule has 0 radical (unpaired) electrons. The Kier molecular flexibility index (Phi) is 5.94. The summed E-state index contributed by atoms with van der Waals surface area (Å²) in [6, 6.07) is 1.37. The maximum atomic E-state index is 13.1. The molecular formula is C17H20F3N5O3. The SMILES string of the molecule is O=C1CCC(c2ccnc(NC(=O)CN3CCNCC3C(F)(F)F)c2)C(=O)N1. The molecule has 28 heavy (non-hydrogen) atoms. The molecule has 152 valence electrons. The fourth-order valence-electron chi connectivity index (χ4n) is 3.37. The number of nitrogens with one attached hydrogen (secondary N) is 3. The summed E-state index contributed by atoms with van der Waals surface area (Å²) < 4.78 is 39.3. The predicted molar refractivity (Wildman–Crippen MR) is 92.3 cm³/mol. The third kappa shape index (κ3) is 4.84. The van der Waals surface area contributed by atoms with Crippen molar-refractivity contribution in [1.82, 2.24) is 20.5 Å². The molecule has 1 aromatic rings. The van der Waals surface area contributed by atoms with Crippen LogP contribution in [0.15, 0.2) is 18.3 Å². The molecule has 3 heterocycles. The molecule has 3 N–H and O–H groups in total. The van der Waals surface area contributed by atoms with E-state index in [9.17, 15) is 27.6 Å². The number of piperazine rings is 1. The van der Waals surface area contributed by atoms with Gasteiger partial charge in [0, 0.05) is 32.3 Å². The Morgan fingerprint density at radius 1 is 1.36 bits per heavy atom. The number of pyridine rings is 1. The molecular weight excluding hydrogens is 379 g/mol. The molecule has 2 aliphatic heterocycles. The van der Waals surface area contributed by atoms with Gasteiger partial charge in [-0.05, 0) is 24.1 Å². The van der Waals surface area contributed by atoms with Gasteiger partial charge in [-0.15, -0.1) is 0 Å². The van der Waals surface area contributed by atoms with Crippen molar-refractivity contribution in [3.8, 4) is 0 Å². The number of piperidine rings is 1. The van der Waals surface area contributed by atoms with Crippen LogP contribution in [0.5, 0.6) is 0 Å². The number of nitrogens with zero attached hydrogens (tertiary/aromatic N) is 2. The number of carbonyl (C=O) groups excluding carboxylic acids is 3. The summed E-state index contributed by atoms with van der Waals surface area (Å²) in [6.45, 7) is -0.222. The second-order valence-corrected chi connectivity index (χ2v) is 6.76. The second kappa shape index (κ2) is 8.23. The number of imide groups is 1. The minimum atomic E-state index is -4.43. The fourth-order valence-corrected chi connectivity index (χ4v) is 3.37. The highest BCUT2D eigenvalue weighted by Crippen LogP contribution is 2.27. The zero-order valence-electron chi connectivity index (χ0n) is 14.9. The molecule has 0 aromatic carbocycles. The number of anilines is 1. The lowest BCUT2D eigenvalue weighted by Crippen LogP contribution is -2.59. The first-order valence-electron chi connectivity index (χ1n) is 8.85. The average Bonchev–Trinajstić information content (AvgIpc) is 2.61. The Hall–Kier alpha value is -2.53. The van der Waals surface area contributed by atoms with Crippen LogP contribution >= 0.6 is 0 Å². The van der Waals surface area contributed by atoms with E-state index in [0.717, 1.165) is 4.90 Å². The topological polar surface area (TPSA) is 103 Å². The molecule has 0 bridgehead atoms. The van der Waals surface area contributed by atoms with E-state index in [4.69, 9.17) is 0 Å². The highest BCUT2D eigenvalue weighted by atomic mass is 19.4. The number of halogens is 3. The summed E-state index contributed by atoms with van der Waals surface area (Å²) in [5.41, 5.74) is 0.575. The van der Waals surface area contributed by atoms with Crippen LogP contribution in [-0.4, -0.2) is 66.0 Å². The fraction of sp³-hybridized carbons (Fsp3) is 0.529. The van der Waals surface area contributed by atoms with E-state index in [2.05, 4.69) is 20.9 Å². The highest BCUT2D eigenvalue weighted by molar-refractivity contribution is 6.01. The third-order valence-corrected chi connectivity index (χ3v) is 4.77. The number of carbonyl (C=O) groups is 3. The van der Waals surface area contributed by atoms with Gasteiger partial charge >= 0.3 is 6.18 Å². The molecule has 0 aliphatic carbocycles. The number of amides is 3. The van der Waals surface area contributed by atoms with Crippen LogP contribution in [0, 0.1) is 0 Å². The Balaban J connectivity index is 1.64. The van der Waals surface area contributed by atoms with Crippen LogP contribution < -0.4 is 16.0 Å². The molecule has 2 unspecified atom stereocenters. The summed E-state index contributed by atoms with van der Waals surface area (Å²) in [7, 11) is 0. The monoisotopic (exact) mass is 399 g/mol. The summed E-state index contributed by atoms with van der Waals surface area (Å²) in [5.74, 6) is -1.78. The molecule has 2 fully saturated rings. The van der Waals surface area contributed by atoms with Crippen molar-refractivity contribution in [2.75, 3.05) is 31.5 Å². The summed E-state index contributed by atoms with van der Waals surface area (Å²) in [6.07, 6.45) is -2.48. The lowest BCUT2D eigenvalue weighted by molar-refractivity contribution is -0.187. The molecule has 8 nitrogen and oxygen atoms in total. The maximum absolute atomic E-state index is 13.1. The normalized spacial score (nSPS) is 24.0. The van der Waals surface area contributed by atoms with E-state index in [-0.39, 0.29) is 31.2 Å². The minimum Gasteiger partial charge on any atom is -0.314 e. The van der Waals surface area contributed by atoms with Crippen LogP contribution in [0.3, 0.4) is 0 Å². The van der Waals surface area contributed by atoms with Gasteiger partial charge in [-0.3, -0.25) is 24.6 Å². The summed E-state index contributed by atoms with van der Waals surface area (Å²) in [4.78, 5) is 40.5. The van der Waals surface area contributed by atoms with Gasteiger partial charge in [0.15, 0.2) is 0 Å². The molecule has 0 spiro atoms. The predicted octanol–water partition coefficient (Wildman–Crippen LogP) is 0.376. The van der Waals surface area contributed by atoms with Crippen molar-refractivity contribution in [2.24, 2.45) is 0 Å².